The van der Waals surface area contributed by atoms with Gasteiger partial charge in [0.25, 0.3) is 0 Å². The van der Waals surface area contributed by atoms with Crippen molar-refractivity contribution in [2.75, 3.05) is 18.6 Å². The van der Waals surface area contributed by atoms with Crippen LogP contribution in [-0.4, -0.2) is 25.5 Å². The van der Waals surface area contributed by atoms with Crippen LogP contribution >= 0.6 is 0 Å². The third kappa shape index (κ3) is 4.03. The van der Waals surface area contributed by atoms with Crippen LogP contribution in [0.25, 0.3) is 0 Å². The first-order chi connectivity index (χ1) is 11.1. The maximum atomic E-state index is 12.4. The molecule has 23 heavy (non-hydrogen) atoms. The summed E-state index contributed by atoms with van der Waals surface area (Å²) in [6.07, 6.45) is 3.44. The predicted octanol–water partition coefficient (Wildman–Crippen LogP) is 3.19. The van der Waals surface area contributed by atoms with Gasteiger partial charge in [-0.25, -0.2) is 0 Å². The average Bonchev–Trinajstić information content (AvgIpc) is 2.55. The number of hydrogen-bond acceptors (Lipinski definition) is 3. The summed E-state index contributed by atoms with van der Waals surface area (Å²) in [6.45, 7) is 4.63. The van der Waals surface area contributed by atoms with Gasteiger partial charge in [0.15, 0.2) is 0 Å². The number of nitrogens with zero attached hydrogens (tertiary/aromatic N) is 1. The molecule has 0 fully saturated rings. The molecule has 0 radical (unpaired) electrons. The fourth-order valence-electron chi connectivity index (χ4n) is 2.97. The summed E-state index contributed by atoms with van der Waals surface area (Å²) < 4.78 is 5.31. The zero-order valence-corrected chi connectivity index (χ0v) is 14.2. The van der Waals surface area contributed by atoms with Gasteiger partial charge in [-0.2, -0.15) is 0 Å². The standard InChI is InChI=1S/C18H26N2O3/c1-4-6-17(21)19-15-10-11-20(18(22)7-5-2)16-9-8-13(23-3)12-14(15)16/h8-9,12,15H,4-7,10-11H2,1-3H3,(H,19,21). The number of carbonyl (C=O) groups is 2. The lowest BCUT2D eigenvalue weighted by Crippen LogP contribution is -2.41. The van der Waals surface area contributed by atoms with Gasteiger partial charge in [0.1, 0.15) is 5.75 Å². The number of nitrogens with one attached hydrogen (secondary N) is 1. The number of hydrogen-bond donors (Lipinski definition) is 1. The maximum absolute atomic E-state index is 12.4. The van der Waals surface area contributed by atoms with E-state index < -0.39 is 0 Å². The number of rotatable bonds is 6. The third-order valence-corrected chi connectivity index (χ3v) is 4.12. The first-order valence-electron chi connectivity index (χ1n) is 8.38. The van der Waals surface area contributed by atoms with E-state index in [1.165, 1.54) is 0 Å². The van der Waals surface area contributed by atoms with Crippen molar-refractivity contribution < 1.29 is 14.3 Å². The summed E-state index contributed by atoms with van der Waals surface area (Å²) in [7, 11) is 1.62. The summed E-state index contributed by atoms with van der Waals surface area (Å²) in [5.41, 5.74) is 1.85. The molecular weight excluding hydrogens is 292 g/mol. The molecular formula is C18H26N2O3. The van der Waals surface area contributed by atoms with Crippen LogP contribution in [0.3, 0.4) is 0 Å². The number of ether oxygens (including phenoxy) is 1. The zero-order valence-electron chi connectivity index (χ0n) is 14.2. The van der Waals surface area contributed by atoms with Gasteiger partial charge in [-0.05, 0) is 37.5 Å². The minimum absolute atomic E-state index is 0.0552. The summed E-state index contributed by atoms with van der Waals surface area (Å²) in [6, 6.07) is 5.64. The third-order valence-electron chi connectivity index (χ3n) is 4.12. The number of benzene rings is 1. The molecule has 1 aliphatic rings. The second kappa shape index (κ2) is 7.99. The van der Waals surface area contributed by atoms with E-state index in [9.17, 15) is 9.59 Å². The molecule has 126 valence electrons. The smallest absolute Gasteiger partial charge is 0.226 e. The van der Waals surface area contributed by atoms with Crippen LogP contribution in [0.5, 0.6) is 5.75 Å². The molecule has 1 aliphatic heterocycles. The number of fused-ring (bicyclic) bond motifs is 1. The lowest BCUT2D eigenvalue weighted by atomic mass is 9.95. The molecule has 2 rings (SSSR count). The number of carbonyl (C=O) groups excluding carboxylic acids is 2. The van der Waals surface area contributed by atoms with E-state index >= 15 is 0 Å². The van der Waals surface area contributed by atoms with Crippen molar-refractivity contribution in [3.8, 4) is 5.75 Å². The highest BCUT2D eigenvalue weighted by Gasteiger charge is 2.29. The molecule has 1 aromatic rings. The van der Waals surface area contributed by atoms with E-state index in [-0.39, 0.29) is 17.9 Å². The molecule has 1 N–H and O–H groups in total. The molecule has 1 unspecified atom stereocenters. The first-order valence-corrected chi connectivity index (χ1v) is 8.38. The van der Waals surface area contributed by atoms with Crippen LogP contribution < -0.4 is 15.0 Å². The minimum atomic E-state index is -0.0650. The number of anilines is 1. The van der Waals surface area contributed by atoms with Crippen LogP contribution in [-0.2, 0) is 9.59 Å². The van der Waals surface area contributed by atoms with Crippen molar-refractivity contribution in [1.29, 1.82) is 0 Å². The monoisotopic (exact) mass is 318 g/mol. The Balaban J connectivity index is 2.30. The van der Waals surface area contributed by atoms with Gasteiger partial charge in [-0.15, -0.1) is 0 Å². The molecule has 2 amide bonds. The van der Waals surface area contributed by atoms with Gasteiger partial charge in [0.05, 0.1) is 13.2 Å². The summed E-state index contributed by atoms with van der Waals surface area (Å²) in [5, 5.41) is 3.09. The fourth-order valence-corrected chi connectivity index (χ4v) is 2.97. The van der Waals surface area contributed by atoms with E-state index in [0.29, 0.717) is 19.4 Å². The molecule has 5 nitrogen and oxygen atoms in total. The van der Waals surface area contributed by atoms with Gasteiger partial charge >= 0.3 is 0 Å². The molecule has 1 atom stereocenters. The largest absolute Gasteiger partial charge is 0.497 e. The molecule has 0 saturated carbocycles. The highest BCUT2D eigenvalue weighted by Crippen LogP contribution is 2.36. The van der Waals surface area contributed by atoms with Crippen LogP contribution in [0.15, 0.2) is 18.2 Å². The second-order valence-electron chi connectivity index (χ2n) is 5.88. The normalized spacial score (nSPS) is 16.7. The van der Waals surface area contributed by atoms with E-state index in [2.05, 4.69) is 5.32 Å². The number of amides is 2. The lowest BCUT2D eigenvalue weighted by Gasteiger charge is -2.35. The van der Waals surface area contributed by atoms with E-state index in [0.717, 1.165) is 36.3 Å². The van der Waals surface area contributed by atoms with Crippen molar-refractivity contribution in [3.63, 3.8) is 0 Å². The second-order valence-corrected chi connectivity index (χ2v) is 5.88. The van der Waals surface area contributed by atoms with Gasteiger partial charge < -0.3 is 15.0 Å². The van der Waals surface area contributed by atoms with Crippen molar-refractivity contribution >= 4 is 17.5 Å². The van der Waals surface area contributed by atoms with Crippen LogP contribution in [0.1, 0.15) is 57.6 Å². The van der Waals surface area contributed by atoms with E-state index in [4.69, 9.17) is 4.74 Å². The Morgan fingerprint density at radius 2 is 2.00 bits per heavy atom. The molecule has 1 aromatic carbocycles. The molecule has 1 heterocycles. The Labute approximate surface area is 138 Å². The van der Waals surface area contributed by atoms with Crippen molar-refractivity contribution in [1.82, 2.24) is 5.32 Å². The number of methoxy groups -OCH3 is 1. The SMILES string of the molecule is CCCC(=O)NC1CCN(C(=O)CCC)c2ccc(OC)cc21. The first kappa shape index (κ1) is 17.3. The predicted molar refractivity (Wildman–Crippen MR) is 90.7 cm³/mol. The fraction of sp³-hybridized carbons (Fsp3) is 0.556. The summed E-state index contributed by atoms with van der Waals surface area (Å²) in [5.74, 6) is 0.931. The Hall–Kier alpha value is -2.04. The van der Waals surface area contributed by atoms with Crippen LogP contribution in [0, 0.1) is 0 Å². The zero-order chi connectivity index (χ0) is 16.8. The quantitative estimate of drug-likeness (QED) is 0.876. The molecule has 0 aromatic heterocycles. The molecule has 0 spiro atoms. The van der Waals surface area contributed by atoms with Crippen molar-refractivity contribution in [3.05, 3.63) is 23.8 Å². The van der Waals surface area contributed by atoms with Crippen molar-refractivity contribution in [2.24, 2.45) is 0 Å². The lowest BCUT2D eigenvalue weighted by molar-refractivity contribution is -0.121. The van der Waals surface area contributed by atoms with Gasteiger partial charge in [-0.3, -0.25) is 9.59 Å². The summed E-state index contributed by atoms with van der Waals surface area (Å²) >= 11 is 0. The maximum Gasteiger partial charge on any atom is 0.226 e. The van der Waals surface area contributed by atoms with Crippen LogP contribution in [0.2, 0.25) is 0 Å². The Bertz CT molecular complexity index is 571. The molecule has 5 heteroatoms. The molecule has 0 bridgehead atoms. The van der Waals surface area contributed by atoms with Crippen LogP contribution in [0.4, 0.5) is 5.69 Å². The van der Waals surface area contributed by atoms with Gasteiger partial charge in [0.2, 0.25) is 11.8 Å². The Morgan fingerprint density at radius 1 is 1.26 bits per heavy atom. The highest BCUT2D eigenvalue weighted by atomic mass is 16.5. The average molecular weight is 318 g/mol. The van der Waals surface area contributed by atoms with Gasteiger partial charge in [0, 0.05) is 30.6 Å². The Morgan fingerprint density at radius 3 is 2.65 bits per heavy atom. The topological polar surface area (TPSA) is 58.6 Å². The Kier molecular flexibility index (Phi) is 6.02. The van der Waals surface area contributed by atoms with Crippen molar-refractivity contribution in [2.45, 2.75) is 52.0 Å². The highest BCUT2D eigenvalue weighted by molar-refractivity contribution is 5.95. The molecule has 0 aliphatic carbocycles. The summed E-state index contributed by atoms with van der Waals surface area (Å²) in [4.78, 5) is 26.2. The minimum Gasteiger partial charge on any atom is -0.497 e. The van der Waals surface area contributed by atoms with E-state index in [1.54, 1.807) is 7.11 Å². The van der Waals surface area contributed by atoms with Gasteiger partial charge in [-0.1, -0.05) is 13.8 Å². The van der Waals surface area contributed by atoms with E-state index in [1.807, 2.05) is 36.9 Å². The molecule has 0 saturated heterocycles.